The van der Waals surface area contributed by atoms with Crippen LogP contribution in [-0.4, -0.2) is 58.4 Å². The van der Waals surface area contributed by atoms with Crippen LogP contribution in [0.1, 0.15) is 77.3 Å². The molecule has 0 saturated heterocycles. The molecule has 186 valence electrons. The van der Waals surface area contributed by atoms with E-state index in [-0.39, 0.29) is 22.9 Å². The highest BCUT2D eigenvalue weighted by Gasteiger charge is 2.58. The highest BCUT2D eigenvalue weighted by Crippen LogP contribution is 2.57. The average molecular weight is 476 g/mol. The van der Waals surface area contributed by atoms with E-state index in [1.807, 2.05) is 37.3 Å². The molecule has 4 aliphatic carbocycles. The number of rotatable bonds is 8. The van der Waals surface area contributed by atoms with E-state index in [2.05, 4.69) is 39.6 Å². The van der Waals surface area contributed by atoms with Crippen molar-refractivity contribution >= 4 is 11.8 Å². The van der Waals surface area contributed by atoms with Gasteiger partial charge in [0, 0.05) is 22.5 Å². The molecule has 2 unspecified atom stereocenters. The van der Waals surface area contributed by atoms with E-state index in [4.69, 9.17) is 0 Å². The maximum Gasteiger partial charge on any atom is 0.270 e. The quantitative estimate of drug-likeness (QED) is 0.610. The summed E-state index contributed by atoms with van der Waals surface area (Å²) in [5.41, 5.74) is 2.19. The fourth-order valence-corrected chi connectivity index (χ4v) is 7.16. The van der Waals surface area contributed by atoms with Gasteiger partial charge in [-0.2, -0.15) is 0 Å². The van der Waals surface area contributed by atoms with Crippen molar-refractivity contribution in [3.8, 4) is 0 Å². The molecular formula is C28H37N5O2. The third-order valence-electron chi connectivity index (χ3n) is 8.02. The zero-order valence-corrected chi connectivity index (χ0v) is 21.1. The number of aromatic nitrogens is 2. The van der Waals surface area contributed by atoms with E-state index >= 15 is 0 Å². The minimum atomic E-state index is -0.281. The summed E-state index contributed by atoms with van der Waals surface area (Å²) < 4.78 is 0. The van der Waals surface area contributed by atoms with Crippen molar-refractivity contribution in [3.63, 3.8) is 0 Å². The molecule has 7 nitrogen and oxygen atoms in total. The molecule has 35 heavy (non-hydrogen) atoms. The Morgan fingerprint density at radius 3 is 2.06 bits per heavy atom. The zero-order valence-electron chi connectivity index (χ0n) is 21.1. The van der Waals surface area contributed by atoms with Crippen molar-refractivity contribution in [2.75, 3.05) is 20.6 Å². The van der Waals surface area contributed by atoms with Crippen LogP contribution in [0.5, 0.6) is 0 Å². The lowest BCUT2D eigenvalue weighted by atomic mass is 9.49. The number of hydrogen-bond donors (Lipinski definition) is 2. The van der Waals surface area contributed by atoms with Gasteiger partial charge in [0.15, 0.2) is 0 Å². The molecule has 7 heteroatoms. The molecule has 0 aliphatic heterocycles. The van der Waals surface area contributed by atoms with Crippen molar-refractivity contribution in [1.29, 1.82) is 0 Å². The fraction of sp³-hybridized carbons (Fsp3) is 0.571. The topological polar surface area (TPSA) is 87.2 Å². The number of hydrogen-bond acceptors (Lipinski definition) is 5. The second kappa shape index (κ2) is 9.34. The predicted octanol–water partition coefficient (Wildman–Crippen LogP) is 3.53. The Kier molecular flexibility index (Phi) is 6.38. The minimum absolute atomic E-state index is 0.0942. The normalized spacial score (nSPS) is 28.8. The summed E-state index contributed by atoms with van der Waals surface area (Å²) >= 11 is 0. The Morgan fingerprint density at radius 1 is 0.914 bits per heavy atom. The molecule has 0 aromatic carbocycles. The lowest BCUT2D eigenvalue weighted by Gasteiger charge is -2.62. The SMILES string of the molecule is Cc1cccc(C(=O)NC23CC4CC(C2)CC(NC(=O)c2cccc(CCCN(C)C)n2)(C4)C3)n1. The van der Waals surface area contributed by atoms with E-state index in [0.29, 0.717) is 23.2 Å². The second-order valence-corrected chi connectivity index (χ2v) is 11.5. The van der Waals surface area contributed by atoms with E-state index in [1.165, 1.54) is 6.42 Å². The summed E-state index contributed by atoms with van der Waals surface area (Å²) in [7, 11) is 4.13. The van der Waals surface area contributed by atoms with Crippen LogP contribution < -0.4 is 10.6 Å². The number of nitrogens with one attached hydrogen (secondary N) is 2. The highest BCUT2D eigenvalue weighted by molar-refractivity contribution is 5.93. The van der Waals surface area contributed by atoms with Crippen LogP contribution in [0.25, 0.3) is 0 Å². The molecule has 4 fully saturated rings. The van der Waals surface area contributed by atoms with Gasteiger partial charge in [0.05, 0.1) is 0 Å². The van der Waals surface area contributed by atoms with Gasteiger partial charge in [0.1, 0.15) is 11.4 Å². The number of aryl methyl sites for hydroxylation is 2. The van der Waals surface area contributed by atoms with Crippen LogP contribution in [0.3, 0.4) is 0 Å². The van der Waals surface area contributed by atoms with Gasteiger partial charge in [-0.3, -0.25) is 9.59 Å². The number of carbonyl (C=O) groups excluding carboxylic acids is 2. The molecule has 4 aliphatic rings. The Morgan fingerprint density at radius 2 is 1.49 bits per heavy atom. The summed E-state index contributed by atoms with van der Waals surface area (Å²) in [5, 5.41) is 6.79. The number of pyridine rings is 2. The van der Waals surface area contributed by atoms with Gasteiger partial charge in [0.25, 0.3) is 11.8 Å². The fourth-order valence-electron chi connectivity index (χ4n) is 7.16. The van der Waals surface area contributed by atoms with E-state index < -0.39 is 0 Å². The van der Waals surface area contributed by atoms with Gasteiger partial charge in [-0.1, -0.05) is 12.1 Å². The first-order chi connectivity index (χ1) is 16.7. The van der Waals surface area contributed by atoms with Crippen molar-refractivity contribution in [2.45, 2.75) is 69.4 Å². The number of carbonyl (C=O) groups is 2. The van der Waals surface area contributed by atoms with Crippen LogP contribution in [-0.2, 0) is 6.42 Å². The highest BCUT2D eigenvalue weighted by atomic mass is 16.2. The minimum Gasteiger partial charge on any atom is -0.345 e. The average Bonchev–Trinajstić information content (AvgIpc) is 2.77. The Hall–Kier alpha value is -2.80. The molecule has 4 saturated carbocycles. The first-order valence-corrected chi connectivity index (χ1v) is 12.9. The second-order valence-electron chi connectivity index (χ2n) is 11.5. The first kappa shape index (κ1) is 23.9. The smallest absolute Gasteiger partial charge is 0.270 e. The predicted molar refractivity (Wildman–Crippen MR) is 135 cm³/mol. The van der Waals surface area contributed by atoms with Crippen LogP contribution in [0, 0.1) is 18.8 Å². The van der Waals surface area contributed by atoms with Crippen LogP contribution in [0.4, 0.5) is 0 Å². The summed E-state index contributed by atoms with van der Waals surface area (Å²) in [4.78, 5) is 37.7. The number of nitrogens with zero attached hydrogens (tertiary/aromatic N) is 3. The lowest BCUT2D eigenvalue weighted by molar-refractivity contribution is -0.0449. The molecule has 6 rings (SSSR count). The Balaban J connectivity index is 1.30. The summed E-state index contributed by atoms with van der Waals surface area (Å²) in [6.45, 7) is 2.90. The molecule has 0 radical (unpaired) electrons. The molecule has 2 aromatic heterocycles. The summed E-state index contributed by atoms with van der Waals surface area (Å²) in [6, 6.07) is 11.3. The third-order valence-corrected chi connectivity index (χ3v) is 8.02. The van der Waals surface area contributed by atoms with Crippen molar-refractivity contribution in [2.24, 2.45) is 11.8 Å². The van der Waals surface area contributed by atoms with Crippen LogP contribution in [0.2, 0.25) is 0 Å². The molecule has 4 bridgehead atoms. The van der Waals surface area contributed by atoms with Crippen molar-refractivity contribution in [3.05, 3.63) is 59.2 Å². The van der Waals surface area contributed by atoms with E-state index in [9.17, 15) is 9.59 Å². The monoisotopic (exact) mass is 475 g/mol. The lowest BCUT2D eigenvalue weighted by Crippen LogP contribution is -2.70. The summed E-state index contributed by atoms with van der Waals surface area (Å²) in [5.74, 6) is 0.841. The Labute approximate surface area is 208 Å². The molecular weight excluding hydrogens is 438 g/mol. The molecule has 2 atom stereocenters. The van der Waals surface area contributed by atoms with Crippen molar-refractivity contribution < 1.29 is 9.59 Å². The Bertz CT molecular complexity index is 1100. The van der Waals surface area contributed by atoms with Crippen molar-refractivity contribution in [1.82, 2.24) is 25.5 Å². The first-order valence-electron chi connectivity index (χ1n) is 12.9. The zero-order chi connectivity index (χ0) is 24.6. The molecule has 2 aromatic rings. The van der Waals surface area contributed by atoms with Gasteiger partial charge < -0.3 is 15.5 Å². The van der Waals surface area contributed by atoms with Crippen LogP contribution in [0.15, 0.2) is 36.4 Å². The van der Waals surface area contributed by atoms with Gasteiger partial charge in [-0.25, -0.2) is 9.97 Å². The molecule has 2 N–H and O–H groups in total. The maximum atomic E-state index is 13.4. The van der Waals surface area contributed by atoms with Gasteiger partial charge in [-0.05, 0) is 115 Å². The van der Waals surface area contributed by atoms with E-state index in [1.54, 1.807) is 6.07 Å². The summed E-state index contributed by atoms with van der Waals surface area (Å²) in [6.07, 6.45) is 7.77. The number of amides is 2. The van der Waals surface area contributed by atoms with Gasteiger partial charge in [0.2, 0.25) is 0 Å². The van der Waals surface area contributed by atoms with Crippen LogP contribution >= 0.6 is 0 Å². The molecule has 2 heterocycles. The third kappa shape index (κ3) is 5.25. The molecule has 0 spiro atoms. The van der Waals surface area contributed by atoms with Gasteiger partial charge in [-0.15, -0.1) is 0 Å². The molecule has 2 amide bonds. The standard InChI is InChI=1S/C28H37N5O2/c1-19-7-4-10-23(29-19)25(34)31-27-14-20-13-21(15-27)17-28(16-20,18-27)32-26(35)24-11-5-8-22(30-24)9-6-12-33(2)3/h4-5,7-8,10-11,20-21H,6,9,12-18H2,1-3H3,(H,31,34)(H,32,35). The van der Waals surface area contributed by atoms with E-state index in [0.717, 1.165) is 62.9 Å². The maximum absolute atomic E-state index is 13.4. The van der Waals surface area contributed by atoms with Gasteiger partial charge >= 0.3 is 0 Å². The largest absolute Gasteiger partial charge is 0.345 e.